The number of hydrogen-bond donors (Lipinski definition) is 1. The van der Waals surface area contributed by atoms with Gasteiger partial charge >= 0.3 is 0 Å². The molecule has 30 heavy (non-hydrogen) atoms. The highest BCUT2D eigenvalue weighted by Crippen LogP contribution is 2.24. The molecule has 0 fully saturated rings. The zero-order valence-electron chi connectivity index (χ0n) is 16.8. The van der Waals surface area contributed by atoms with Crippen LogP contribution in [0.4, 0.5) is 4.39 Å². The number of amides is 1. The molecule has 158 valence electrons. The smallest absolute Gasteiger partial charge is 0.216 e. The van der Waals surface area contributed by atoms with E-state index in [1.165, 1.54) is 30.4 Å². The Kier molecular flexibility index (Phi) is 7.65. The van der Waals surface area contributed by atoms with E-state index in [1.54, 1.807) is 25.3 Å². The van der Waals surface area contributed by atoms with Gasteiger partial charge in [0.05, 0.1) is 19.3 Å². The Morgan fingerprint density at radius 2 is 2.03 bits per heavy atom. The Hall–Kier alpha value is -2.64. The van der Waals surface area contributed by atoms with Crippen LogP contribution in [0, 0.1) is 5.82 Å². The Morgan fingerprint density at radius 1 is 1.27 bits per heavy atom. The summed E-state index contributed by atoms with van der Waals surface area (Å²) < 4.78 is 20.9. The Bertz CT molecular complexity index is 1080. The van der Waals surface area contributed by atoms with Crippen molar-refractivity contribution in [2.45, 2.75) is 26.4 Å². The van der Waals surface area contributed by atoms with E-state index in [1.807, 2.05) is 17.5 Å². The lowest BCUT2D eigenvalue weighted by atomic mass is 10.1. The summed E-state index contributed by atoms with van der Waals surface area (Å²) in [5.41, 5.74) is 2.81. The van der Waals surface area contributed by atoms with E-state index < -0.39 is 0 Å². The van der Waals surface area contributed by atoms with Gasteiger partial charge in [-0.05, 0) is 48.4 Å². The molecule has 0 saturated heterocycles. The average molecular weight is 448 g/mol. The van der Waals surface area contributed by atoms with Crippen LogP contribution >= 0.6 is 22.9 Å². The molecule has 1 amide bonds. The largest absolute Gasteiger partial charge is 0.496 e. The van der Waals surface area contributed by atoms with Crippen LogP contribution in [-0.4, -0.2) is 24.1 Å². The summed E-state index contributed by atoms with van der Waals surface area (Å²) in [4.78, 5) is 16.8. The van der Waals surface area contributed by atoms with E-state index in [9.17, 15) is 9.18 Å². The highest BCUT2D eigenvalue weighted by Gasteiger charge is 2.09. The first-order chi connectivity index (χ1) is 14.5. The number of hydrogen-bond acceptors (Lipinski definition) is 4. The highest BCUT2D eigenvalue weighted by atomic mass is 35.5. The van der Waals surface area contributed by atoms with Gasteiger partial charge in [-0.15, -0.1) is 11.3 Å². The van der Waals surface area contributed by atoms with Crippen LogP contribution in [0.2, 0.25) is 5.02 Å². The van der Waals surface area contributed by atoms with Crippen LogP contribution in [0.25, 0.3) is 11.3 Å². The van der Waals surface area contributed by atoms with Crippen LogP contribution in [0.1, 0.15) is 18.9 Å². The van der Waals surface area contributed by atoms with Crippen molar-refractivity contribution in [3.63, 3.8) is 0 Å². The minimum absolute atomic E-state index is 0.0520. The molecule has 2 aromatic carbocycles. The summed E-state index contributed by atoms with van der Waals surface area (Å²) in [6.07, 6.45) is 0.752. The number of thiazole rings is 1. The standard InChI is InChI=1S/C22H23ClFN3O2S/c1-15(28)25-10-3-11-27-20(16-5-8-19(24)9-6-16)14-30-22(27)26-13-17-4-7-18(23)12-21(17)29-2/h4-9,12,14H,3,10-11,13H2,1-2H3,(H,25,28). The minimum atomic E-state index is -0.272. The van der Waals surface area contributed by atoms with E-state index >= 15 is 0 Å². The maximum atomic E-state index is 13.4. The van der Waals surface area contributed by atoms with Gasteiger partial charge in [-0.1, -0.05) is 17.7 Å². The van der Waals surface area contributed by atoms with Crippen LogP contribution < -0.4 is 14.9 Å². The quantitative estimate of drug-likeness (QED) is 0.511. The summed E-state index contributed by atoms with van der Waals surface area (Å²) in [5, 5.41) is 5.44. The number of carbonyl (C=O) groups is 1. The first kappa shape index (κ1) is 22.1. The van der Waals surface area contributed by atoms with Crippen LogP contribution in [-0.2, 0) is 17.9 Å². The summed E-state index contributed by atoms with van der Waals surface area (Å²) in [6.45, 7) is 3.19. The molecule has 1 heterocycles. The second-order valence-corrected chi connectivity index (χ2v) is 7.94. The lowest BCUT2D eigenvalue weighted by molar-refractivity contribution is -0.118. The number of nitrogens with zero attached hydrogens (tertiary/aromatic N) is 2. The van der Waals surface area contributed by atoms with E-state index in [4.69, 9.17) is 21.3 Å². The topological polar surface area (TPSA) is 55.6 Å². The van der Waals surface area contributed by atoms with Gasteiger partial charge < -0.3 is 14.6 Å². The number of carbonyl (C=O) groups excluding carboxylic acids is 1. The average Bonchev–Trinajstić information content (AvgIpc) is 3.13. The molecule has 0 atom stereocenters. The molecule has 5 nitrogen and oxygen atoms in total. The Morgan fingerprint density at radius 3 is 2.73 bits per heavy atom. The fourth-order valence-electron chi connectivity index (χ4n) is 3.03. The molecule has 0 spiro atoms. The number of halogens is 2. The third-order valence-electron chi connectivity index (χ3n) is 4.50. The molecule has 0 radical (unpaired) electrons. The third kappa shape index (κ3) is 5.70. The third-order valence-corrected chi connectivity index (χ3v) is 5.64. The lowest BCUT2D eigenvalue weighted by Crippen LogP contribution is -2.24. The fourth-order valence-corrected chi connectivity index (χ4v) is 4.12. The number of nitrogens with one attached hydrogen (secondary N) is 1. The van der Waals surface area contributed by atoms with Gasteiger partial charge in [0.15, 0.2) is 4.80 Å². The van der Waals surface area contributed by atoms with Crippen molar-refractivity contribution in [2.24, 2.45) is 4.99 Å². The highest BCUT2D eigenvalue weighted by molar-refractivity contribution is 7.07. The molecule has 0 saturated carbocycles. The predicted octanol–water partition coefficient (Wildman–Crippen LogP) is 4.64. The van der Waals surface area contributed by atoms with Gasteiger partial charge in [0.1, 0.15) is 11.6 Å². The Labute approximate surface area is 183 Å². The maximum absolute atomic E-state index is 13.4. The zero-order chi connectivity index (χ0) is 21.5. The normalized spacial score (nSPS) is 11.5. The molecule has 3 aromatic rings. The van der Waals surface area contributed by atoms with Gasteiger partial charge in [0, 0.05) is 36.0 Å². The van der Waals surface area contributed by atoms with Gasteiger partial charge in [-0.25, -0.2) is 4.39 Å². The monoisotopic (exact) mass is 447 g/mol. The van der Waals surface area contributed by atoms with Crippen molar-refractivity contribution in [1.82, 2.24) is 9.88 Å². The summed E-state index contributed by atoms with van der Waals surface area (Å²) in [6, 6.07) is 11.9. The van der Waals surface area contributed by atoms with E-state index in [-0.39, 0.29) is 11.7 Å². The number of benzene rings is 2. The van der Waals surface area contributed by atoms with Gasteiger partial charge in [-0.2, -0.15) is 0 Å². The predicted molar refractivity (Wildman–Crippen MR) is 118 cm³/mol. The molecule has 0 aliphatic heterocycles. The molecular weight excluding hydrogens is 425 g/mol. The van der Waals surface area contributed by atoms with E-state index in [0.29, 0.717) is 30.4 Å². The van der Waals surface area contributed by atoms with Crippen molar-refractivity contribution in [1.29, 1.82) is 0 Å². The number of ether oxygens (including phenoxy) is 1. The SMILES string of the molecule is COc1cc(Cl)ccc1CN=c1scc(-c2ccc(F)cc2)n1CCCNC(C)=O. The zero-order valence-corrected chi connectivity index (χ0v) is 18.4. The molecule has 0 unspecified atom stereocenters. The molecular formula is C22H23ClFN3O2S. The van der Waals surface area contributed by atoms with Crippen molar-refractivity contribution in [2.75, 3.05) is 13.7 Å². The number of aromatic nitrogens is 1. The summed E-state index contributed by atoms with van der Waals surface area (Å²) in [7, 11) is 1.61. The van der Waals surface area contributed by atoms with Crippen LogP contribution in [0.15, 0.2) is 52.8 Å². The maximum Gasteiger partial charge on any atom is 0.216 e. The van der Waals surface area contributed by atoms with Gasteiger partial charge in [0.25, 0.3) is 0 Å². The molecule has 8 heteroatoms. The molecule has 3 rings (SSSR count). The second kappa shape index (κ2) is 10.4. The minimum Gasteiger partial charge on any atom is -0.496 e. The van der Waals surface area contributed by atoms with Gasteiger partial charge in [-0.3, -0.25) is 9.79 Å². The van der Waals surface area contributed by atoms with Crippen LogP contribution in [0.5, 0.6) is 5.75 Å². The molecule has 1 N–H and O–H groups in total. The molecule has 0 bridgehead atoms. The first-order valence-electron chi connectivity index (χ1n) is 9.49. The molecule has 1 aromatic heterocycles. The van der Waals surface area contributed by atoms with Crippen molar-refractivity contribution >= 4 is 28.8 Å². The Balaban J connectivity index is 1.91. The van der Waals surface area contributed by atoms with E-state index in [0.717, 1.165) is 28.0 Å². The molecule has 0 aliphatic rings. The lowest BCUT2D eigenvalue weighted by Gasteiger charge is -2.10. The summed E-state index contributed by atoms with van der Waals surface area (Å²) in [5.74, 6) is 0.369. The second-order valence-electron chi connectivity index (χ2n) is 6.67. The number of rotatable bonds is 8. The van der Waals surface area contributed by atoms with Gasteiger partial charge in [0.2, 0.25) is 5.91 Å². The van der Waals surface area contributed by atoms with Crippen molar-refractivity contribution in [3.05, 3.63) is 69.0 Å². The van der Waals surface area contributed by atoms with Crippen molar-refractivity contribution < 1.29 is 13.9 Å². The first-order valence-corrected chi connectivity index (χ1v) is 10.8. The molecule has 0 aliphatic carbocycles. The summed E-state index contributed by atoms with van der Waals surface area (Å²) >= 11 is 7.57. The number of methoxy groups -OCH3 is 1. The van der Waals surface area contributed by atoms with E-state index in [2.05, 4.69) is 9.88 Å². The fraction of sp³-hybridized carbons (Fsp3) is 0.273. The van der Waals surface area contributed by atoms with Crippen molar-refractivity contribution in [3.8, 4) is 17.0 Å². The van der Waals surface area contributed by atoms with Crippen LogP contribution in [0.3, 0.4) is 0 Å².